The standard InChI is InChI=1S/C6H12N2O2/c1-8-4(3-9)2-5(7)6(8)10/h4-5,9H,2-3,7H2,1H3. The fourth-order valence-corrected chi connectivity index (χ4v) is 1.19. The normalized spacial score (nSPS) is 33.5. The fourth-order valence-electron chi connectivity index (χ4n) is 1.19. The molecule has 0 bridgehead atoms. The highest BCUT2D eigenvalue weighted by molar-refractivity contribution is 5.84. The van der Waals surface area contributed by atoms with E-state index in [-0.39, 0.29) is 18.6 Å². The van der Waals surface area contributed by atoms with Gasteiger partial charge in [-0.15, -0.1) is 0 Å². The predicted octanol–water partition coefficient (Wildman–Crippen LogP) is -1.46. The summed E-state index contributed by atoms with van der Waals surface area (Å²) in [5.74, 6) is -0.0703. The van der Waals surface area contributed by atoms with Gasteiger partial charge in [-0.05, 0) is 6.42 Å². The molecule has 2 unspecified atom stereocenters. The summed E-state index contributed by atoms with van der Waals surface area (Å²) in [7, 11) is 1.66. The summed E-state index contributed by atoms with van der Waals surface area (Å²) in [6.45, 7) is 0.00986. The molecule has 4 nitrogen and oxygen atoms in total. The van der Waals surface area contributed by atoms with E-state index in [9.17, 15) is 4.79 Å². The average molecular weight is 144 g/mol. The van der Waals surface area contributed by atoms with E-state index in [0.717, 1.165) is 0 Å². The van der Waals surface area contributed by atoms with Crippen LogP contribution in [0.25, 0.3) is 0 Å². The monoisotopic (exact) mass is 144 g/mol. The predicted molar refractivity (Wildman–Crippen MR) is 36.2 cm³/mol. The second-order valence-electron chi connectivity index (χ2n) is 2.63. The number of carbonyl (C=O) groups is 1. The molecule has 2 atom stereocenters. The van der Waals surface area contributed by atoms with Crippen LogP contribution in [-0.4, -0.2) is 41.7 Å². The summed E-state index contributed by atoms with van der Waals surface area (Å²) in [5, 5.41) is 8.72. The number of nitrogens with two attached hydrogens (primary N) is 1. The summed E-state index contributed by atoms with van der Waals surface area (Å²) < 4.78 is 0. The van der Waals surface area contributed by atoms with Gasteiger partial charge in [-0.2, -0.15) is 0 Å². The molecule has 0 saturated carbocycles. The topological polar surface area (TPSA) is 66.6 Å². The molecule has 0 aromatic rings. The van der Waals surface area contributed by atoms with Crippen molar-refractivity contribution in [3.8, 4) is 0 Å². The molecule has 1 heterocycles. The number of amides is 1. The zero-order valence-corrected chi connectivity index (χ0v) is 5.95. The third-order valence-electron chi connectivity index (χ3n) is 1.95. The molecule has 1 rings (SSSR count). The molecule has 1 aliphatic rings. The lowest BCUT2D eigenvalue weighted by atomic mass is 10.2. The first-order valence-corrected chi connectivity index (χ1v) is 3.30. The van der Waals surface area contributed by atoms with Crippen LogP contribution in [0.2, 0.25) is 0 Å². The SMILES string of the molecule is CN1C(=O)C(N)CC1CO. The van der Waals surface area contributed by atoms with Gasteiger partial charge in [-0.25, -0.2) is 0 Å². The summed E-state index contributed by atoms with van der Waals surface area (Å²) in [6.07, 6.45) is 0.575. The van der Waals surface area contributed by atoms with Crippen LogP contribution in [0.1, 0.15) is 6.42 Å². The Morgan fingerprint density at radius 1 is 1.90 bits per heavy atom. The Labute approximate surface area is 59.6 Å². The third kappa shape index (κ3) is 0.998. The number of aliphatic hydroxyl groups is 1. The first-order valence-electron chi connectivity index (χ1n) is 3.30. The summed E-state index contributed by atoms with van der Waals surface area (Å²) in [6, 6.07) is -0.468. The lowest BCUT2D eigenvalue weighted by Gasteiger charge is -2.15. The molecular formula is C6H12N2O2. The molecule has 4 heteroatoms. The smallest absolute Gasteiger partial charge is 0.239 e. The van der Waals surface area contributed by atoms with Gasteiger partial charge >= 0.3 is 0 Å². The van der Waals surface area contributed by atoms with E-state index >= 15 is 0 Å². The fraction of sp³-hybridized carbons (Fsp3) is 0.833. The Morgan fingerprint density at radius 3 is 2.70 bits per heavy atom. The van der Waals surface area contributed by atoms with Crippen LogP contribution >= 0.6 is 0 Å². The third-order valence-corrected chi connectivity index (χ3v) is 1.95. The molecule has 10 heavy (non-hydrogen) atoms. The first kappa shape index (κ1) is 7.50. The van der Waals surface area contributed by atoms with Crippen molar-refractivity contribution in [2.45, 2.75) is 18.5 Å². The van der Waals surface area contributed by atoms with Gasteiger partial charge in [0.1, 0.15) is 0 Å². The maximum Gasteiger partial charge on any atom is 0.239 e. The zero-order valence-electron chi connectivity index (χ0n) is 5.95. The van der Waals surface area contributed by atoms with Crippen molar-refractivity contribution in [2.75, 3.05) is 13.7 Å². The number of likely N-dealkylation sites (tertiary alicyclic amines) is 1. The molecule has 0 aromatic heterocycles. The molecule has 1 amide bonds. The van der Waals surface area contributed by atoms with Gasteiger partial charge < -0.3 is 15.7 Å². The van der Waals surface area contributed by atoms with Crippen LogP contribution in [-0.2, 0) is 4.79 Å². The van der Waals surface area contributed by atoms with Crippen molar-refractivity contribution in [3.63, 3.8) is 0 Å². The molecule has 1 aliphatic heterocycles. The van der Waals surface area contributed by atoms with E-state index in [0.29, 0.717) is 6.42 Å². The molecule has 0 aliphatic carbocycles. The van der Waals surface area contributed by atoms with Crippen molar-refractivity contribution in [3.05, 3.63) is 0 Å². The highest BCUT2D eigenvalue weighted by Gasteiger charge is 2.33. The Hall–Kier alpha value is -0.610. The molecule has 0 spiro atoms. The number of hydrogen-bond acceptors (Lipinski definition) is 3. The maximum absolute atomic E-state index is 11.0. The zero-order chi connectivity index (χ0) is 7.72. The van der Waals surface area contributed by atoms with Crippen LogP contribution in [0.15, 0.2) is 0 Å². The van der Waals surface area contributed by atoms with Crippen LogP contribution in [0.3, 0.4) is 0 Å². The van der Waals surface area contributed by atoms with Gasteiger partial charge in [-0.3, -0.25) is 4.79 Å². The van der Waals surface area contributed by atoms with E-state index in [1.54, 1.807) is 7.05 Å². The molecule has 58 valence electrons. The van der Waals surface area contributed by atoms with E-state index in [4.69, 9.17) is 10.8 Å². The Kier molecular flexibility index (Phi) is 1.92. The van der Waals surface area contributed by atoms with Crippen LogP contribution < -0.4 is 5.73 Å². The highest BCUT2D eigenvalue weighted by atomic mass is 16.3. The maximum atomic E-state index is 11.0. The summed E-state index contributed by atoms with van der Waals surface area (Å²) in [5.41, 5.74) is 5.43. The van der Waals surface area contributed by atoms with Crippen LogP contribution in [0, 0.1) is 0 Å². The largest absolute Gasteiger partial charge is 0.394 e. The van der Waals surface area contributed by atoms with Crippen molar-refractivity contribution in [2.24, 2.45) is 5.73 Å². The first-order chi connectivity index (χ1) is 4.66. The number of aliphatic hydroxyl groups excluding tert-OH is 1. The van der Waals surface area contributed by atoms with Crippen molar-refractivity contribution < 1.29 is 9.90 Å². The summed E-state index contributed by atoms with van der Waals surface area (Å²) in [4.78, 5) is 12.5. The number of likely N-dealkylation sites (N-methyl/N-ethyl adjacent to an activating group) is 1. The van der Waals surface area contributed by atoms with Crippen LogP contribution in [0.5, 0.6) is 0 Å². The highest BCUT2D eigenvalue weighted by Crippen LogP contribution is 2.14. The van der Waals surface area contributed by atoms with Crippen molar-refractivity contribution >= 4 is 5.91 Å². The summed E-state index contributed by atoms with van der Waals surface area (Å²) >= 11 is 0. The molecule has 0 aromatic carbocycles. The van der Waals surface area contributed by atoms with Gasteiger partial charge in [-0.1, -0.05) is 0 Å². The molecule has 1 saturated heterocycles. The Bertz CT molecular complexity index is 149. The minimum atomic E-state index is -0.401. The number of carbonyl (C=O) groups excluding carboxylic acids is 1. The number of hydrogen-bond donors (Lipinski definition) is 2. The van der Waals surface area contributed by atoms with Crippen molar-refractivity contribution in [1.29, 1.82) is 0 Å². The molecular weight excluding hydrogens is 132 g/mol. The van der Waals surface area contributed by atoms with E-state index < -0.39 is 6.04 Å². The van der Waals surface area contributed by atoms with E-state index in [2.05, 4.69) is 0 Å². The van der Waals surface area contributed by atoms with E-state index in [1.807, 2.05) is 0 Å². The van der Waals surface area contributed by atoms with Gasteiger partial charge in [0.15, 0.2) is 0 Å². The van der Waals surface area contributed by atoms with Gasteiger partial charge in [0.25, 0.3) is 0 Å². The average Bonchev–Trinajstić information content (AvgIpc) is 2.17. The van der Waals surface area contributed by atoms with Crippen LogP contribution in [0.4, 0.5) is 0 Å². The van der Waals surface area contributed by atoms with E-state index in [1.165, 1.54) is 4.90 Å². The lowest BCUT2D eigenvalue weighted by molar-refractivity contribution is -0.129. The van der Waals surface area contributed by atoms with Crippen molar-refractivity contribution in [1.82, 2.24) is 4.90 Å². The second kappa shape index (κ2) is 2.56. The minimum absolute atomic E-state index is 0.00986. The number of rotatable bonds is 1. The molecule has 3 N–H and O–H groups in total. The quantitative estimate of drug-likeness (QED) is 0.472. The Morgan fingerprint density at radius 2 is 2.50 bits per heavy atom. The number of nitrogens with zero attached hydrogens (tertiary/aromatic N) is 1. The Balaban J connectivity index is 2.61. The molecule has 0 radical (unpaired) electrons. The van der Waals surface area contributed by atoms with Gasteiger partial charge in [0, 0.05) is 7.05 Å². The second-order valence-corrected chi connectivity index (χ2v) is 2.63. The van der Waals surface area contributed by atoms with Gasteiger partial charge in [0.05, 0.1) is 18.7 Å². The van der Waals surface area contributed by atoms with Gasteiger partial charge in [0.2, 0.25) is 5.91 Å². The minimum Gasteiger partial charge on any atom is -0.394 e. The molecule has 1 fully saturated rings. The lowest BCUT2D eigenvalue weighted by Crippen LogP contribution is -2.34.